The highest BCUT2D eigenvalue weighted by Gasteiger charge is 2.28. The van der Waals surface area contributed by atoms with Gasteiger partial charge in [-0.1, -0.05) is 0 Å². The van der Waals surface area contributed by atoms with Gasteiger partial charge in [0.15, 0.2) is 0 Å². The Bertz CT molecular complexity index is 227. The number of hydrogen-bond donors (Lipinski definition) is 0. The molecular formula is C11H19NO2. The van der Waals surface area contributed by atoms with Crippen LogP contribution in [0.25, 0.3) is 0 Å². The normalized spacial score (nSPS) is 27.1. The molecule has 0 bridgehead atoms. The maximum absolute atomic E-state index is 11.6. The second-order valence-corrected chi connectivity index (χ2v) is 4.39. The highest BCUT2D eigenvalue weighted by atomic mass is 16.2. The highest BCUT2D eigenvalue weighted by molar-refractivity contribution is 5.80. The van der Waals surface area contributed by atoms with Crippen molar-refractivity contribution in [2.45, 2.75) is 32.6 Å². The lowest BCUT2D eigenvalue weighted by Gasteiger charge is -2.27. The molecule has 0 radical (unpaired) electrons. The molecule has 80 valence electrons. The van der Waals surface area contributed by atoms with Gasteiger partial charge < -0.3 is 4.90 Å². The van der Waals surface area contributed by atoms with E-state index in [1.54, 1.807) is 25.9 Å². The summed E-state index contributed by atoms with van der Waals surface area (Å²) < 4.78 is 0. The number of hydrogen-bond acceptors (Lipinski definition) is 2. The molecule has 0 unspecified atom stereocenters. The van der Waals surface area contributed by atoms with Crippen LogP contribution in [-0.4, -0.2) is 30.7 Å². The van der Waals surface area contributed by atoms with Crippen LogP contribution in [0.1, 0.15) is 32.6 Å². The van der Waals surface area contributed by atoms with E-state index in [0.29, 0.717) is 0 Å². The summed E-state index contributed by atoms with van der Waals surface area (Å²) in [7, 11) is 3.58. The minimum absolute atomic E-state index is 0.153. The minimum atomic E-state index is 0.153. The Balaban J connectivity index is 2.43. The second-order valence-electron chi connectivity index (χ2n) is 4.39. The van der Waals surface area contributed by atoms with Gasteiger partial charge in [-0.25, -0.2) is 0 Å². The van der Waals surface area contributed by atoms with Crippen molar-refractivity contribution in [3.63, 3.8) is 0 Å². The van der Waals surface area contributed by atoms with Crippen molar-refractivity contribution in [3.05, 3.63) is 0 Å². The smallest absolute Gasteiger partial charge is 0.225 e. The van der Waals surface area contributed by atoms with Crippen molar-refractivity contribution in [1.82, 2.24) is 4.90 Å². The third-order valence-corrected chi connectivity index (χ3v) is 3.09. The molecule has 1 saturated carbocycles. The highest BCUT2D eigenvalue weighted by Crippen LogP contribution is 2.30. The predicted molar refractivity (Wildman–Crippen MR) is 54.8 cm³/mol. The molecular weight excluding hydrogens is 178 g/mol. The zero-order valence-electron chi connectivity index (χ0n) is 9.25. The molecule has 1 fully saturated rings. The first-order valence-electron chi connectivity index (χ1n) is 5.24. The van der Waals surface area contributed by atoms with E-state index in [1.807, 2.05) is 0 Å². The van der Waals surface area contributed by atoms with Crippen molar-refractivity contribution >= 4 is 11.7 Å². The average molecular weight is 197 g/mol. The van der Waals surface area contributed by atoms with Crippen LogP contribution in [0.4, 0.5) is 0 Å². The number of rotatable bonds is 2. The van der Waals surface area contributed by atoms with Crippen LogP contribution in [0.3, 0.4) is 0 Å². The Kier molecular flexibility index (Phi) is 3.67. The summed E-state index contributed by atoms with van der Waals surface area (Å²) >= 11 is 0. The Morgan fingerprint density at radius 2 is 1.43 bits per heavy atom. The molecule has 0 heterocycles. The van der Waals surface area contributed by atoms with Crippen molar-refractivity contribution in [1.29, 1.82) is 0 Å². The van der Waals surface area contributed by atoms with Crippen LogP contribution in [0, 0.1) is 11.8 Å². The quantitative estimate of drug-likeness (QED) is 0.672. The van der Waals surface area contributed by atoms with Crippen LogP contribution in [-0.2, 0) is 9.59 Å². The Labute approximate surface area is 85.5 Å². The van der Waals surface area contributed by atoms with Gasteiger partial charge in [0.2, 0.25) is 5.91 Å². The summed E-state index contributed by atoms with van der Waals surface area (Å²) in [4.78, 5) is 24.4. The lowest BCUT2D eigenvalue weighted by molar-refractivity contribution is -0.135. The first kappa shape index (κ1) is 11.2. The first-order chi connectivity index (χ1) is 6.52. The van der Waals surface area contributed by atoms with E-state index in [0.717, 1.165) is 25.7 Å². The lowest BCUT2D eigenvalue weighted by atomic mass is 9.80. The average Bonchev–Trinajstić information content (AvgIpc) is 2.16. The van der Waals surface area contributed by atoms with Gasteiger partial charge in [0, 0.05) is 25.9 Å². The molecule has 0 aromatic rings. The standard InChI is InChI=1S/C11H19NO2/c1-8(13)9-4-6-10(7-5-9)11(14)12(2)3/h9-10H,4-7H2,1-3H3/t9-,10-. The van der Waals surface area contributed by atoms with Crippen LogP contribution >= 0.6 is 0 Å². The van der Waals surface area contributed by atoms with E-state index in [4.69, 9.17) is 0 Å². The summed E-state index contributed by atoms with van der Waals surface area (Å²) in [5.41, 5.74) is 0. The molecule has 0 N–H and O–H groups in total. The molecule has 1 rings (SSSR count). The summed E-state index contributed by atoms with van der Waals surface area (Å²) in [6.07, 6.45) is 3.53. The number of carbonyl (C=O) groups is 2. The third kappa shape index (κ3) is 2.56. The van der Waals surface area contributed by atoms with Crippen LogP contribution in [0.15, 0.2) is 0 Å². The number of ketones is 1. The van der Waals surface area contributed by atoms with E-state index in [9.17, 15) is 9.59 Å². The fourth-order valence-electron chi connectivity index (χ4n) is 2.11. The molecule has 1 aliphatic carbocycles. The van der Waals surface area contributed by atoms with Gasteiger partial charge in [-0.15, -0.1) is 0 Å². The monoisotopic (exact) mass is 197 g/mol. The van der Waals surface area contributed by atoms with Gasteiger partial charge in [0.25, 0.3) is 0 Å². The second kappa shape index (κ2) is 4.58. The lowest BCUT2D eigenvalue weighted by Crippen LogP contribution is -2.33. The number of Topliss-reactive ketones (excluding diaryl/α,β-unsaturated/α-hetero) is 1. The summed E-state index contributed by atoms with van der Waals surface area (Å²) in [5.74, 6) is 0.856. The molecule has 14 heavy (non-hydrogen) atoms. The van der Waals surface area contributed by atoms with Crippen LogP contribution < -0.4 is 0 Å². The fraction of sp³-hybridized carbons (Fsp3) is 0.818. The van der Waals surface area contributed by atoms with Crippen molar-refractivity contribution in [2.75, 3.05) is 14.1 Å². The Hall–Kier alpha value is -0.860. The van der Waals surface area contributed by atoms with Gasteiger partial charge in [0.05, 0.1) is 0 Å². The number of carbonyl (C=O) groups excluding carboxylic acids is 2. The molecule has 0 spiro atoms. The zero-order valence-corrected chi connectivity index (χ0v) is 9.25. The maximum atomic E-state index is 11.6. The fourth-order valence-corrected chi connectivity index (χ4v) is 2.11. The van der Waals surface area contributed by atoms with E-state index in [-0.39, 0.29) is 23.5 Å². The molecule has 0 aliphatic heterocycles. The molecule has 1 aliphatic rings. The molecule has 0 aromatic heterocycles. The largest absolute Gasteiger partial charge is 0.349 e. The number of amides is 1. The molecule has 3 heteroatoms. The maximum Gasteiger partial charge on any atom is 0.225 e. The van der Waals surface area contributed by atoms with E-state index in [2.05, 4.69) is 0 Å². The third-order valence-electron chi connectivity index (χ3n) is 3.09. The van der Waals surface area contributed by atoms with Gasteiger partial charge in [-0.3, -0.25) is 9.59 Å². The predicted octanol–water partition coefficient (Wildman–Crippen LogP) is 1.47. The molecule has 3 nitrogen and oxygen atoms in total. The molecule has 0 aromatic carbocycles. The van der Waals surface area contributed by atoms with E-state index in [1.165, 1.54) is 0 Å². The van der Waals surface area contributed by atoms with Gasteiger partial charge in [0.1, 0.15) is 5.78 Å². The van der Waals surface area contributed by atoms with Crippen molar-refractivity contribution < 1.29 is 9.59 Å². The topological polar surface area (TPSA) is 37.4 Å². The van der Waals surface area contributed by atoms with Crippen LogP contribution in [0.5, 0.6) is 0 Å². The molecule has 0 atom stereocenters. The van der Waals surface area contributed by atoms with Crippen molar-refractivity contribution in [3.8, 4) is 0 Å². The number of nitrogens with zero attached hydrogens (tertiary/aromatic N) is 1. The minimum Gasteiger partial charge on any atom is -0.349 e. The van der Waals surface area contributed by atoms with E-state index < -0.39 is 0 Å². The SMILES string of the molecule is CC(=O)[C@H]1CC[C@H](C(=O)N(C)C)CC1. The molecule has 1 amide bonds. The first-order valence-corrected chi connectivity index (χ1v) is 5.24. The zero-order chi connectivity index (χ0) is 10.7. The van der Waals surface area contributed by atoms with Crippen molar-refractivity contribution in [2.24, 2.45) is 11.8 Å². The summed E-state index contributed by atoms with van der Waals surface area (Å²) in [6.45, 7) is 1.65. The summed E-state index contributed by atoms with van der Waals surface area (Å²) in [6, 6.07) is 0. The van der Waals surface area contributed by atoms with E-state index >= 15 is 0 Å². The Morgan fingerprint density at radius 3 is 1.79 bits per heavy atom. The molecule has 0 saturated heterocycles. The van der Waals surface area contributed by atoms with Crippen LogP contribution in [0.2, 0.25) is 0 Å². The van der Waals surface area contributed by atoms with Gasteiger partial charge >= 0.3 is 0 Å². The van der Waals surface area contributed by atoms with Gasteiger partial charge in [-0.2, -0.15) is 0 Å². The Morgan fingerprint density at radius 1 is 1.00 bits per heavy atom. The summed E-state index contributed by atoms with van der Waals surface area (Å²) in [5, 5.41) is 0. The van der Waals surface area contributed by atoms with Gasteiger partial charge in [-0.05, 0) is 32.6 Å².